The molecular weight excluding hydrogens is 324 g/mol. The molecule has 0 saturated heterocycles. The van der Waals surface area contributed by atoms with Crippen molar-refractivity contribution < 1.29 is 13.2 Å². The fraction of sp³-hybridized carbons (Fsp3) is 0.125. The Balaban J connectivity index is 2.48. The van der Waals surface area contributed by atoms with Gasteiger partial charge in [0.1, 0.15) is 11.5 Å². The van der Waals surface area contributed by atoms with Gasteiger partial charge in [0.15, 0.2) is 11.5 Å². The van der Waals surface area contributed by atoms with Crippen LogP contribution in [0.25, 0.3) is 5.82 Å². The summed E-state index contributed by atoms with van der Waals surface area (Å²) in [7, 11) is 0. The molecule has 2 aromatic rings. The van der Waals surface area contributed by atoms with Gasteiger partial charge in [0.2, 0.25) is 0 Å². The van der Waals surface area contributed by atoms with Gasteiger partial charge >= 0.3 is 6.18 Å². The lowest BCUT2D eigenvalue weighted by Crippen LogP contribution is -2.08. The van der Waals surface area contributed by atoms with E-state index in [1.165, 1.54) is 0 Å². The SMILES string of the molecule is FC(F)(F)c1ccn(-c2ncnc(Cl)c2Br)n1. The molecule has 90 valence electrons. The van der Waals surface area contributed by atoms with E-state index in [0.717, 1.165) is 23.3 Å². The highest BCUT2D eigenvalue weighted by Gasteiger charge is 2.33. The summed E-state index contributed by atoms with van der Waals surface area (Å²) >= 11 is 8.78. The van der Waals surface area contributed by atoms with E-state index in [4.69, 9.17) is 11.6 Å². The second kappa shape index (κ2) is 4.26. The van der Waals surface area contributed by atoms with Crippen LogP contribution < -0.4 is 0 Å². The predicted molar refractivity (Wildman–Crippen MR) is 56.9 cm³/mol. The van der Waals surface area contributed by atoms with Gasteiger partial charge in [0.25, 0.3) is 0 Å². The lowest BCUT2D eigenvalue weighted by molar-refractivity contribution is -0.141. The van der Waals surface area contributed by atoms with Gasteiger partial charge in [-0.15, -0.1) is 0 Å². The minimum absolute atomic E-state index is 0.0964. The van der Waals surface area contributed by atoms with E-state index >= 15 is 0 Å². The molecule has 0 aliphatic rings. The summed E-state index contributed by atoms with van der Waals surface area (Å²) in [6.07, 6.45) is -2.21. The molecule has 0 saturated carbocycles. The standard InChI is InChI=1S/C8H3BrClF3N4/c9-5-6(10)14-3-15-7(5)17-2-1-4(16-17)8(11,12)13/h1-3H. The van der Waals surface area contributed by atoms with E-state index < -0.39 is 11.9 Å². The molecular formula is C8H3BrClF3N4. The van der Waals surface area contributed by atoms with E-state index in [1.807, 2.05) is 0 Å². The maximum absolute atomic E-state index is 12.4. The van der Waals surface area contributed by atoms with Gasteiger partial charge in [-0.1, -0.05) is 11.6 Å². The largest absolute Gasteiger partial charge is 0.435 e. The Morgan fingerprint density at radius 2 is 2.00 bits per heavy atom. The third kappa shape index (κ3) is 2.42. The smallest absolute Gasteiger partial charge is 0.223 e. The summed E-state index contributed by atoms with van der Waals surface area (Å²) < 4.78 is 38.3. The van der Waals surface area contributed by atoms with Crippen molar-refractivity contribution in [2.45, 2.75) is 6.18 Å². The van der Waals surface area contributed by atoms with Gasteiger partial charge in [-0.25, -0.2) is 14.6 Å². The first-order chi connectivity index (χ1) is 7.89. The average molecular weight is 327 g/mol. The highest BCUT2D eigenvalue weighted by molar-refractivity contribution is 9.10. The molecule has 0 N–H and O–H groups in total. The van der Waals surface area contributed by atoms with E-state index in [9.17, 15) is 13.2 Å². The van der Waals surface area contributed by atoms with Crippen molar-refractivity contribution in [1.29, 1.82) is 0 Å². The van der Waals surface area contributed by atoms with Crippen LogP contribution >= 0.6 is 27.5 Å². The van der Waals surface area contributed by atoms with Crippen LogP contribution in [0.1, 0.15) is 5.69 Å². The first kappa shape index (κ1) is 12.3. The molecule has 17 heavy (non-hydrogen) atoms. The molecule has 0 amide bonds. The lowest BCUT2D eigenvalue weighted by atomic mass is 10.4. The molecule has 2 aromatic heterocycles. The zero-order chi connectivity index (χ0) is 12.6. The van der Waals surface area contributed by atoms with Crippen LogP contribution in [0.4, 0.5) is 13.2 Å². The average Bonchev–Trinajstić information content (AvgIpc) is 2.70. The van der Waals surface area contributed by atoms with E-state index in [-0.39, 0.29) is 15.4 Å². The van der Waals surface area contributed by atoms with Crippen molar-refractivity contribution in [3.05, 3.63) is 33.9 Å². The maximum atomic E-state index is 12.4. The monoisotopic (exact) mass is 326 g/mol. The summed E-state index contributed by atoms with van der Waals surface area (Å²) in [5.74, 6) is 0.139. The fourth-order valence-electron chi connectivity index (χ4n) is 1.09. The molecule has 0 aliphatic heterocycles. The number of alkyl halides is 3. The molecule has 0 fully saturated rings. The van der Waals surface area contributed by atoms with Crippen molar-refractivity contribution in [2.24, 2.45) is 0 Å². The third-order valence-corrected chi connectivity index (χ3v) is 3.07. The van der Waals surface area contributed by atoms with Gasteiger partial charge in [0.05, 0.1) is 4.47 Å². The Kier molecular flexibility index (Phi) is 3.09. The van der Waals surface area contributed by atoms with Crippen molar-refractivity contribution in [1.82, 2.24) is 19.7 Å². The zero-order valence-electron chi connectivity index (χ0n) is 7.91. The van der Waals surface area contributed by atoms with Crippen LogP contribution in [0.2, 0.25) is 5.15 Å². The number of rotatable bonds is 1. The molecule has 0 unspecified atom stereocenters. The molecule has 0 spiro atoms. The minimum Gasteiger partial charge on any atom is -0.223 e. The minimum atomic E-state index is -4.49. The second-order valence-corrected chi connectivity index (χ2v) is 4.10. The van der Waals surface area contributed by atoms with Crippen molar-refractivity contribution in [3.63, 3.8) is 0 Å². The van der Waals surface area contributed by atoms with Crippen molar-refractivity contribution in [2.75, 3.05) is 0 Å². The van der Waals surface area contributed by atoms with Crippen LogP contribution in [0.15, 0.2) is 23.1 Å². The Morgan fingerprint density at radius 3 is 2.59 bits per heavy atom. The van der Waals surface area contributed by atoms with Crippen LogP contribution in [-0.4, -0.2) is 19.7 Å². The second-order valence-electron chi connectivity index (χ2n) is 2.95. The van der Waals surface area contributed by atoms with Gasteiger partial charge in [-0.2, -0.15) is 18.3 Å². The number of nitrogens with zero attached hydrogens (tertiary/aromatic N) is 4. The van der Waals surface area contributed by atoms with Gasteiger partial charge < -0.3 is 0 Å². The highest BCUT2D eigenvalue weighted by Crippen LogP contribution is 2.29. The topological polar surface area (TPSA) is 43.6 Å². The maximum Gasteiger partial charge on any atom is 0.435 e. The molecule has 9 heteroatoms. The van der Waals surface area contributed by atoms with E-state index in [2.05, 4.69) is 31.0 Å². The lowest BCUT2D eigenvalue weighted by Gasteiger charge is -2.04. The Labute approximate surface area is 107 Å². The summed E-state index contributed by atoms with van der Waals surface area (Å²) in [5, 5.41) is 3.46. The molecule has 0 aromatic carbocycles. The van der Waals surface area contributed by atoms with Crippen LogP contribution in [0, 0.1) is 0 Å². The molecule has 2 heterocycles. The number of hydrogen-bond acceptors (Lipinski definition) is 3. The molecule has 4 nitrogen and oxygen atoms in total. The Morgan fingerprint density at radius 1 is 1.29 bits per heavy atom. The van der Waals surface area contributed by atoms with Gasteiger partial charge in [-0.05, 0) is 22.0 Å². The summed E-state index contributed by atoms with van der Waals surface area (Å²) in [6.45, 7) is 0. The van der Waals surface area contributed by atoms with Crippen LogP contribution in [-0.2, 0) is 6.18 Å². The number of hydrogen-bond donors (Lipinski definition) is 0. The molecule has 0 atom stereocenters. The van der Waals surface area contributed by atoms with Crippen molar-refractivity contribution in [3.8, 4) is 5.82 Å². The normalized spacial score (nSPS) is 11.8. The third-order valence-electron chi connectivity index (χ3n) is 1.83. The first-order valence-electron chi connectivity index (χ1n) is 4.19. The molecule has 0 bridgehead atoms. The summed E-state index contributed by atoms with van der Waals surface area (Å²) in [5.41, 5.74) is -1.00. The first-order valence-corrected chi connectivity index (χ1v) is 5.36. The molecule has 0 radical (unpaired) electrons. The number of halogens is 5. The summed E-state index contributed by atoms with van der Waals surface area (Å²) in [4.78, 5) is 7.46. The van der Waals surface area contributed by atoms with Gasteiger partial charge in [-0.3, -0.25) is 0 Å². The van der Waals surface area contributed by atoms with Crippen molar-refractivity contribution >= 4 is 27.5 Å². The fourth-order valence-corrected chi connectivity index (χ4v) is 1.61. The quantitative estimate of drug-likeness (QED) is 0.756. The Bertz CT molecular complexity index is 554. The highest BCUT2D eigenvalue weighted by atomic mass is 79.9. The molecule has 2 rings (SSSR count). The zero-order valence-corrected chi connectivity index (χ0v) is 10.3. The Hall–Kier alpha value is -1.15. The molecule has 0 aliphatic carbocycles. The summed E-state index contributed by atoms with van der Waals surface area (Å²) in [6, 6.07) is 0.850. The van der Waals surface area contributed by atoms with Crippen LogP contribution in [0.3, 0.4) is 0 Å². The van der Waals surface area contributed by atoms with Crippen LogP contribution in [0.5, 0.6) is 0 Å². The predicted octanol–water partition coefficient (Wildman–Crippen LogP) is 3.10. The number of aromatic nitrogens is 4. The van der Waals surface area contributed by atoms with Gasteiger partial charge in [0, 0.05) is 6.20 Å². The van der Waals surface area contributed by atoms with E-state index in [1.54, 1.807) is 0 Å². The van der Waals surface area contributed by atoms with E-state index in [0.29, 0.717) is 0 Å².